The van der Waals surface area contributed by atoms with Crippen molar-refractivity contribution in [1.82, 2.24) is 10.3 Å². The number of likely N-dealkylation sites (N-methyl/N-ethyl adjacent to an activating group) is 1. The first-order valence-electron chi connectivity index (χ1n) is 6.31. The fourth-order valence-electron chi connectivity index (χ4n) is 1.97. The molecule has 1 heterocycles. The van der Waals surface area contributed by atoms with Crippen LogP contribution in [0.2, 0.25) is 0 Å². The van der Waals surface area contributed by atoms with Crippen LogP contribution in [0.15, 0.2) is 10.5 Å². The SMILES string of the molecule is CCN(Cc1cc(C(=O)NN)c(C)o1)CC(C)(C)O. The van der Waals surface area contributed by atoms with Crippen LogP contribution < -0.4 is 11.3 Å². The Labute approximate surface area is 113 Å². The number of carbonyl (C=O) groups is 1. The first-order chi connectivity index (χ1) is 8.76. The Morgan fingerprint density at radius 3 is 2.68 bits per heavy atom. The third-order valence-corrected chi connectivity index (χ3v) is 2.78. The highest BCUT2D eigenvalue weighted by atomic mass is 16.3. The zero-order chi connectivity index (χ0) is 14.6. The van der Waals surface area contributed by atoms with Crippen molar-refractivity contribution in [3.63, 3.8) is 0 Å². The van der Waals surface area contributed by atoms with Crippen LogP contribution in [0.1, 0.15) is 42.6 Å². The number of nitrogens with one attached hydrogen (secondary N) is 1. The molecule has 19 heavy (non-hydrogen) atoms. The second kappa shape index (κ2) is 6.18. The molecule has 1 amide bonds. The van der Waals surface area contributed by atoms with E-state index in [-0.39, 0.29) is 5.91 Å². The van der Waals surface area contributed by atoms with Gasteiger partial charge in [-0.05, 0) is 33.4 Å². The Morgan fingerprint density at radius 2 is 2.21 bits per heavy atom. The summed E-state index contributed by atoms with van der Waals surface area (Å²) in [6.07, 6.45) is 0. The van der Waals surface area contributed by atoms with Crippen LogP contribution in [-0.2, 0) is 6.54 Å². The molecule has 0 radical (unpaired) electrons. The fraction of sp³-hybridized carbons (Fsp3) is 0.615. The maximum Gasteiger partial charge on any atom is 0.268 e. The molecule has 1 aromatic rings. The Morgan fingerprint density at radius 1 is 1.58 bits per heavy atom. The highest BCUT2D eigenvalue weighted by Gasteiger charge is 2.20. The van der Waals surface area contributed by atoms with Crippen LogP contribution in [0.5, 0.6) is 0 Å². The molecule has 108 valence electrons. The summed E-state index contributed by atoms with van der Waals surface area (Å²) >= 11 is 0. The molecule has 0 bridgehead atoms. The summed E-state index contributed by atoms with van der Waals surface area (Å²) in [4.78, 5) is 13.5. The van der Waals surface area contributed by atoms with Gasteiger partial charge in [0.2, 0.25) is 0 Å². The molecule has 1 rings (SSSR count). The lowest BCUT2D eigenvalue weighted by Gasteiger charge is -2.27. The molecule has 1 aromatic heterocycles. The van der Waals surface area contributed by atoms with Crippen molar-refractivity contribution in [2.45, 2.75) is 39.8 Å². The van der Waals surface area contributed by atoms with E-state index in [4.69, 9.17) is 10.3 Å². The van der Waals surface area contributed by atoms with Crippen molar-refractivity contribution in [3.05, 3.63) is 23.2 Å². The van der Waals surface area contributed by atoms with Crippen LogP contribution in [0.3, 0.4) is 0 Å². The zero-order valence-corrected chi connectivity index (χ0v) is 12.0. The summed E-state index contributed by atoms with van der Waals surface area (Å²) in [6.45, 7) is 9.10. The summed E-state index contributed by atoms with van der Waals surface area (Å²) in [7, 11) is 0. The smallest absolute Gasteiger partial charge is 0.268 e. The van der Waals surface area contributed by atoms with Gasteiger partial charge in [0, 0.05) is 6.54 Å². The quantitative estimate of drug-likeness (QED) is 0.403. The molecule has 0 aromatic carbocycles. The highest BCUT2D eigenvalue weighted by Crippen LogP contribution is 2.17. The van der Waals surface area contributed by atoms with Gasteiger partial charge in [0.15, 0.2) is 0 Å². The van der Waals surface area contributed by atoms with Crippen LogP contribution in [0.25, 0.3) is 0 Å². The average molecular weight is 269 g/mol. The molecule has 0 aliphatic carbocycles. The van der Waals surface area contributed by atoms with E-state index >= 15 is 0 Å². The zero-order valence-electron chi connectivity index (χ0n) is 12.0. The number of aliphatic hydroxyl groups is 1. The summed E-state index contributed by atoms with van der Waals surface area (Å²) in [5, 5.41) is 9.83. The number of nitrogens with two attached hydrogens (primary N) is 1. The molecule has 0 aliphatic heterocycles. The lowest BCUT2D eigenvalue weighted by molar-refractivity contribution is 0.0333. The van der Waals surface area contributed by atoms with Gasteiger partial charge in [-0.25, -0.2) is 5.84 Å². The lowest BCUT2D eigenvalue weighted by atomic mass is 10.1. The number of hydrogen-bond donors (Lipinski definition) is 3. The Bertz CT molecular complexity index is 435. The third-order valence-electron chi connectivity index (χ3n) is 2.78. The first-order valence-corrected chi connectivity index (χ1v) is 6.31. The molecule has 6 heteroatoms. The van der Waals surface area contributed by atoms with Crippen molar-refractivity contribution in [2.75, 3.05) is 13.1 Å². The molecule has 0 spiro atoms. The standard InChI is InChI=1S/C13H23N3O3/c1-5-16(8-13(3,4)18)7-10-6-11(9(2)19-10)12(17)15-14/h6,18H,5,7-8,14H2,1-4H3,(H,15,17). The van der Waals surface area contributed by atoms with Gasteiger partial charge in [0.25, 0.3) is 5.91 Å². The van der Waals surface area contributed by atoms with Crippen LogP contribution in [0.4, 0.5) is 0 Å². The minimum absolute atomic E-state index is 0.363. The number of furan rings is 1. The Balaban J connectivity index is 2.78. The van der Waals surface area contributed by atoms with Gasteiger partial charge < -0.3 is 9.52 Å². The lowest BCUT2D eigenvalue weighted by Crippen LogP contribution is -2.38. The number of rotatable bonds is 6. The summed E-state index contributed by atoms with van der Waals surface area (Å²) in [6, 6.07) is 1.69. The second-order valence-electron chi connectivity index (χ2n) is 5.27. The molecule has 0 saturated heterocycles. The van der Waals surface area contributed by atoms with E-state index < -0.39 is 5.60 Å². The molecule has 0 unspecified atom stereocenters. The van der Waals surface area contributed by atoms with Crippen LogP contribution in [-0.4, -0.2) is 34.6 Å². The Kier molecular flexibility index (Phi) is 5.11. The maximum atomic E-state index is 11.5. The molecule has 0 fully saturated rings. The fourth-order valence-corrected chi connectivity index (χ4v) is 1.97. The molecule has 0 aliphatic rings. The normalized spacial score (nSPS) is 11.9. The van der Waals surface area contributed by atoms with Gasteiger partial charge in [-0.3, -0.25) is 15.1 Å². The van der Waals surface area contributed by atoms with E-state index in [9.17, 15) is 9.90 Å². The van der Waals surface area contributed by atoms with Crippen molar-refractivity contribution < 1.29 is 14.3 Å². The number of amides is 1. The predicted octanol–water partition coefficient (Wildman–Crippen LogP) is 0.784. The number of hydrazine groups is 1. The van der Waals surface area contributed by atoms with E-state index in [1.807, 2.05) is 11.8 Å². The van der Waals surface area contributed by atoms with Gasteiger partial charge in [-0.2, -0.15) is 0 Å². The van der Waals surface area contributed by atoms with E-state index in [0.717, 1.165) is 6.54 Å². The third kappa shape index (κ3) is 4.66. The van der Waals surface area contributed by atoms with Crippen molar-refractivity contribution in [3.8, 4) is 0 Å². The number of nitrogens with zero attached hydrogens (tertiary/aromatic N) is 1. The van der Waals surface area contributed by atoms with E-state index in [1.54, 1.807) is 26.8 Å². The molecular formula is C13H23N3O3. The van der Waals surface area contributed by atoms with E-state index in [1.165, 1.54) is 0 Å². The average Bonchev–Trinajstić information content (AvgIpc) is 2.66. The summed E-state index contributed by atoms with van der Waals surface area (Å²) in [5.74, 6) is 5.97. The van der Waals surface area contributed by atoms with Crippen molar-refractivity contribution >= 4 is 5.91 Å². The first kappa shape index (κ1) is 15.7. The second-order valence-corrected chi connectivity index (χ2v) is 5.27. The van der Waals surface area contributed by atoms with Gasteiger partial charge in [0.1, 0.15) is 11.5 Å². The van der Waals surface area contributed by atoms with Crippen molar-refractivity contribution in [2.24, 2.45) is 5.84 Å². The number of aryl methyl sites for hydroxylation is 1. The largest absolute Gasteiger partial charge is 0.464 e. The maximum absolute atomic E-state index is 11.5. The minimum Gasteiger partial charge on any atom is -0.464 e. The van der Waals surface area contributed by atoms with E-state index in [2.05, 4.69) is 5.43 Å². The van der Waals surface area contributed by atoms with Crippen molar-refractivity contribution in [1.29, 1.82) is 0 Å². The highest BCUT2D eigenvalue weighted by molar-refractivity contribution is 5.94. The summed E-state index contributed by atoms with van der Waals surface area (Å²) < 4.78 is 5.54. The minimum atomic E-state index is -0.769. The van der Waals surface area contributed by atoms with E-state index in [0.29, 0.717) is 30.2 Å². The molecule has 0 saturated carbocycles. The molecule has 0 atom stereocenters. The molecule has 4 N–H and O–H groups in total. The topological polar surface area (TPSA) is 91.7 Å². The molecule has 6 nitrogen and oxygen atoms in total. The number of carbonyl (C=O) groups excluding carboxylic acids is 1. The number of nitrogen functional groups attached to an aromatic ring is 1. The summed E-state index contributed by atoms with van der Waals surface area (Å²) in [5.41, 5.74) is 1.76. The molecular weight excluding hydrogens is 246 g/mol. The van der Waals surface area contributed by atoms with Crippen LogP contribution in [0, 0.1) is 6.92 Å². The predicted molar refractivity (Wildman–Crippen MR) is 72.3 cm³/mol. The number of hydrogen-bond acceptors (Lipinski definition) is 5. The van der Waals surface area contributed by atoms with Gasteiger partial charge in [-0.15, -0.1) is 0 Å². The van der Waals surface area contributed by atoms with Gasteiger partial charge in [-0.1, -0.05) is 6.92 Å². The monoisotopic (exact) mass is 269 g/mol. The Hall–Kier alpha value is -1.37. The van der Waals surface area contributed by atoms with Gasteiger partial charge in [0.05, 0.1) is 17.7 Å². The van der Waals surface area contributed by atoms with Crippen LogP contribution >= 0.6 is 0 Å². The van der Waals surface area contributed by atoms with Gasteiger partial charge >= 0.3 is 0 Å².